The lowest BCUT2D eigenvalue weighted by atomic mass is 9.99. The highest BCUT2D eigenvalue weighted by atomic mass is 31.3. The predicted octanol–water partition coefficient (Wildman–Crippen LogP) is -3.05. The van der Waals surface area contributed by atoms with Crippen molar-refractivity contribution >= 4 is 40.4 Å². The van der Waals surface area contributed by atoms with Crippen molar-refractivity contribution in [3.05, 3.63) is 24.9 Å². The molecule has 2 aromatic heterocycles. The molecule has 0 amide bonds. The van der Waals surface area contributed by atoms with Crippen LogP contribution in [0.15, 0.2) is 24.9 Å². The fourth-order valence-electron chi connectivity index (χ4n) is 5.28. The van der Waals surface area contributed by atoms with Crippen molar-refractivity contribution in [3.8, 4) is 0 Å². The minimum Gasteiger partial charge on any atom is -0.387 e. The van der Waals surface area contributed by atoms with Crippen molar-refractivity contribution in [2.75, 3.05) is 25.5 Å². The Hall–Kier alpha value is -2.02. The van der Waals surface area contributed by atoms with E-state index in [1.165, 1.54) is 4.90 Å². The van der Waals surface area contributed by atoms with Gasteiger partial charge in [-0.25, -0.2) is 28.6 Å². The standard InChI is InChI=1S/C21H34N7O17P3/c22-17-12-19(25-7-24-17)28(8-26-12)21-16(44-46(33,34)35)14(30)11(43-21)6-41-48(38,39)45-47(36,37)40-5-10-13(29)15(31)20(42-10)27-3-1-2-9(4-27)18(23)32/h1,3,7-11,13-16,18,20-21,29-32H,2,4-6,23H2,(H,36,37)(H,38,39)(H2,22,24,25)(H2,33,34,35)/t9?,10-,11-,13-,14-,15-,16-,18?,20-,21-/m1/s1. The second kappa shape index (κ2) is 14.3. The summed E-state index contributed by atoms with van der Waals surface area (Å²) >= 11 is 0. The molecule has 0 spiro atoms. The first-order chi connectivity index (χ1) is 22.4. The van der Waals surface area contributed by atoms with E-state index in [1.54, 1.807) is 12.3 Å². The quantitative estimate of drug-likeness (QED) is 0.0718. The second-order valence-corrected chi connectivity index (χ2v) is 15.2. The SMILES string of the molecule is Nc1ncnc2c1ncn2[C@@H]1O[C@H](COP(=O)(O)OP(=O)(O)OC[C@H]2O[C@@H](N3C=CCC(C(N)O)C3)[C@H](O)[C@@H]2O)[C@@H](O)[C@H]1OP(=O)(O)O. The maximum atomic E-state index is 12.6. The van der Waals surface area contributed by atoms with Crippen molar-refractivity contribution in [1.82, 2.24) is 24.4 Å². The number of hydrogen-bond acceptors (Lipinski definition) is 19. The van der Waals surface area contributed by atoms with E-state index >= 15 is 0 Å². The van der Waals surface area contributed by atoms with Crippen molar-refractivity contribution in [2.45, 2.75) is 61.7 Å². The summed E-state index contributed by atoms with van der Waals surface area (Å²) in [4.78, 5) is 52.2. The highest BCUT2D eigenvalue weighted by molar-refractivity contribution is 7.61. The Morgan fingerprint density at radius 1 is 0.938 bits per heavy atom. The molecule has 3 aliphatic heterocycles. The molecule has 0 aliphatic carbocycles. The largest absolute Gasteiger partial charge is 0.481 e. The molecule has 270 valence electrons. The number of imidazole rings is 1. The first-order valence-corrected chi connectivity index (χ1v) is 18.4. The molecule has 48 heavy (non-hydrogen) atoms. The van der Waals surface area contributed by atoms with E-state index in [-0.39, 0.29) is 23.5 Å². The zero-order chi connectivity index (χ0) is 35.2. The molecule has 2 aromatic rings. The van der Waals surface area contributed by atoms with Crippen LogP contribution in [0, 0.1) is 5.92 Å². The highest BCUT2D eigenvalue weighted by Gasteiger charge is 2.51. The van der Waals surface area contributed by atoms with Gasteiger partial charge in [-0.3, -0.25) is 18.1 Å². The van der Waals surface area contributed by atoms with Crippen LogP contribution in [0.3, 0.4) is 0 Å². The summed E-state index contributed by atoms with van der Waals surface area (Å²) in [5.74, 6) is -0.460. The summed E-state index contributed by atoms with van der Waals surface area (Å²) in [7, 11) is -16.2. The number of aromatic nitrogens is 4. The summed E-state index contributed by atoms with van der Waals surface area (Å²) in [6.45, 7) is -1.82. The number of phosphoric ester groups is 3. The van der Waals surface area contributed by atoms with Crippen molar-refractivity contribution in [1.29, 1.82) is 0 Å². The van der Waals surface area contributed by atoms with Gasteiger partial charge in [0.15, 0.2) is 23.9 Å². The topological polar surface area (TPSA) is 367 Å². The molecular weight excluding hydrogens is 715 g/mol. The summed E-state index contributed by atoms with van der Waals surface area (Å²) in [6, 6.07) is 0. The average Bonchev–Trinajstić information content (AvgIpc) is 3.64. The molecule has 2 saturated heterocycles. The molecule has 5 rings (SSSR count). The molecule has 27 heteroatoms. The van der Waals surface area contributed by atoms with Crippen molar-refractivity contribution < 1.29 is 81.1 Å². The number of allylic oxidation sites excluding steroid dienone is 1. The summed E-state index contributed by atoms with van der Waals surface area (Å²) < 4.78 is 67.4. The molecule has 12 atom stereocenters. The fraction of sp³-hybridized carbons (Fsp3) is 0.667. The number of anilines is 1. The van der Waals surface area contributed by atoms with Crippen LogP contribution in [0.25, 0.3) is 11.2 Å². The van der Waals surface area contributed by atoms with Crippen LogP contribution in [0.5, 0.6) is 0 Å². The second-order valence-electron chi connectivity index (χ2n) is 10.9. The number of aliphatic hydroxyl groups is 4. The van der Waals surface area contributed by atoms with Crippen LogP contribution in [-0.4, -0.2) is 133 Å². The number of nitrogens with zero attached hydrogens (tertiary/aromatic N) is 5. The highest BCUT2D eigenvalue weighted by Crippen LogP contribution is 2.61. The van der Waals surface area contributed by atoms with E-state index in [2.05, 4.69) is 19.3 Å². The van der Waals surface area contributed by atoms with E-state index in [0.717, 1.165) is 17.2 Å². The van der Waals surface area contributed by atoms with Crippen LogP contribution >= 0.6 is 23.5 Å². The molecule has 3 aliphatic rings. The van der Waals surface area contributed by atoms with Gasteiger partial charge < -0.3 is 65.8 Å². The monoisotopic (exact) mass is 749 g/mol. The predicted molar refractivity (Wildman–Crippen MR) is 154 cm³/mol. The third kappa shape index (κ3) is 8.46. The van der Waals surface area contributed by atoms with E-state index in [0.29, 0.717) is 6.42 Å². The smallest absolute Gasteiger partial charge is 0.387 e. The maximum absolute atomic E-state index is 12.6. The molecule has 0 saturated carbocycles. The first-order valence-electron chi connectivity index (χ1n) is 13.9. The van der Waals surface area contributed by atoms with Gasteiger partial charge in [0.1, 0.15) is 54.7 Å². The molecule has 0 aromatic carbocycles. The van der Waals surface area contributed by atoms with Gasteiger partial charge in [0.2, 0.25) is 0 Å². The van der Waals surface area contributed by atoms with Crippen LogP contribution in [0.4, 0.5) is 5.82 Å². The molecule has 24 nitrogen and oxygen atoms in total. The Labute approximate surface area is 269 Å². The summed E-state index contributed by atoms with van der Waals surface area (Å²) in [6.07, 6.45) is -8.09. The van der Waals surface area contributed by atoms with Gasteiger partial charge in [0, 0.05) is 12.5 Å². The van der Waals surface area contributed by atoms with Crippen LogP contribution in [0.2, 0.25) is 0 Å². The zero-order valence-electron chi connectivity index (χ0n) is 24.4. The number of ether oxygens (including phenoxy) is 2. The van der Waals surface area contributed by atoms with Gasteiger partial charge >= 0.3 is 23.5 Å². The lowest BCUT2D eigenvalue weighted by molar-refractivity contribution is -0.0895. The maximum Gasteiger partial charge on any atom is 0.481 e. The van der Waals surface area contributed by atoms with Gasteiger partial charge in [0.05, 0.1) is 19.5 Å². The Morgan fingerprint density at radius 2 is 1.56 bits per heavy atom. The number of nitrogens with two attached hydrogens (primary N) is 2. The van der Waals surface area contributed by atoms with Gasteiger partial charge in [-0.15, -0.1) is 0 Å². The van der Waals surface area contributed by atoms with Gasteiger partial charge in [-0.05, 0) is 12.6 Å². The Kier molecular flexibility index (Phi) is 11.1. The number of aliphatic hydroxyl groups excluding tert-OH is 4. The minimum absolute atomic E-state index is 0.0104. The van der Waals surface area contributed by atoms with Crippen LogP contribution in [0.1, 0.15) is 12.6 Å². The third-order valence-electron chi connectivity index (χ3n) is 7.57. The first kappa shape index (κ1) is 37.2. The molecule has 0 radical (unpaired) electrons. The van der Waals surface area contributed by atoms with E-state index in [9.17, 15) is 53.7 Å². The number of phosphoric acid groups is 3. The van der Waals surface area contributed by atoms with Gasteiger partial charge in [-0.1, -0.05) is 6.08 Å². The minimum atomic E-state index is -5.50. The number of rotatable bonds is 13. The van der Waals surface area contributed by atoms with E-state index < -0.39 is 97.9 Å². The Morgan fingerprint density at radius 3 is 2.19 bits per heavy atom. The van der Waals surface area contributed by atoms with E-state index in [4.69, 9.17) is 34.5 Å². The fourth-order valence-corrected chi connectivity index (χ4v) is 7.91. The van der Waals surface area contributed by atoms with E-state index in [1.807, 2.05) is 0 Å². The molecular formula is C21H34N7O17P3. The molecule has 5 heterocycles. The number of hydrogen-bond donors (Lipinski definition) is 10. The molecule has 0 bridgehead atoms. The number of fused-ring (bicyclic) bond motifs is 1. The molecule has 4 unspecified atom stereocenters. The lowest BCUT2D eigenvalue weighted by Crippen LogP contribution is -2.47. The molecule has 2 fully saturated rings. The normalized spacial score (nSPS) is 34.4. The summed E-state index contributed by atoms with van der Waals surface area (Å²) in [5, 5.41) is 41.3. The van der Waals surface area contributed by atoms with Crippen LogP contribution < -0.4 is 11.5 Å². The van der Waals surface area contributed by atoms with Gasteiger partial charge in [-0.2, -0.15) is 4.31 Å². The Balaban J connectivity index is 1.19. The lowest BCUT2D eigenvalue weighted by Gasteiger charge is -2.35. The van der Waals surface area contributed by atoms with Gasteiger partial charge in [0.25, 0.3) is 0 Å². The Bertz CT molecular complexity index is 1630. The van der Waals surface area contributed by atoms with Crippen molar-refractivity contribution in [2.24, 2.45) is 11.7 Å². The average molecular weight is 749 g/mol. The third-order valence-corrected chi connectivity index (χ3v) is 10.7. The number of nitrogen functional groups attached to an aromatic ring is 1. The van der Waals surface area contributed by atoms with Crippen molar-refractivity contribution in [3.63, 3.8) is 0 Å². The summed E-state index contributed by atoms with van der Waals surface area (Å²) in [5.41, 5.74) is 11.4. The van der Waals surface area contributed by atoms with Crippen LogP contribution in [-0.2, 0) is 41.1 Å². The zero-order valence-corrected chi connectivity index (χ0v) is 27.1. The molecule has 12 N–H and O–H groups in total.